The van der Waals surface area contributed by atoms with Crippen LogP contribution in [0.25, 0.3) is 0 Å². The molecule has 0 aromatic carbocycles. The van der Waals surface area contributed by atoms with Crippen LogP contribution < -0.4 is 4.90 Å². The molecule has 0 unspecified atom stereocenters. The van der Waals surface area contributed by atoms with Crippen molar-refractivity contribution in [3.8, 4) is 0 Å². The van der Waals surface area contributed by atoms with Gasteiger partial charge in [0, 0.05) is 38.3 Å². The fourth-order valence-corrected chi connectivity index (χ4v) is 3.45. The fraction of sp³-hybridized carbons (Fsp3) is 0.706. The highest BCUT2D eigenvalue weighted by atomic mass is 16.2. The lowest BCUT2D eigenvalue weighted by molar-refractivity contribution is -0.131. The zero-order valence-corrected chi connectivity index (χ0v) is 14.5. The molecule has 2 aliphatic rings. The lowest BCUT2D eigenvalue weighted by atomic mass is 10.1. The van der Waals surface area contributed by atoms with Crippen molar-refractivity contribution >= 4 is 11.9 Å². The number of fused-ring (bicyclic) bond motifs is 1. The second kappa shape index (κ2) is 6.83. The first-order valence-corrected chi connectivity index (χ1v) is 8.58. The minimum absolute atomic E-state index is 0.202. The lowest BCUT2D eigenvalue weighted by Crippen LogP contribution is -2.39. The number of hydrogen-bond acceptors (Lipinski definition) is 5. The molecule has 0 atom stereocenters. The van der Waals surface area contributed by atoms with Crippen LogP contribution in [-0.4, -0.2) is 72.5 Å². The van der Waals surface area contributed by atoms with Gasteiger partial charge < -0.3 is 14.7 Å². The van der Waals surface area contributed by atoms with Crippen molar-refractivity contribution in [2.75, 3.05) is 51.7 Å². The van der Waals surface area contributed by atoms with E-state index in [2.05, 4.69) is 11.8 Å². The number of aromatic nitrogens is 2. The summed E-state index contributed by atoms with van der Waals surface area (Å²) < 4.78 is 0. The van der Waals surface area contributed by atoms with Gasteiger partial charge in [-0.2, -0.15) is 0 Å². The molecule has 0 bridgehead atoms. The predicted octanol–water partition coefficient (Wildman–Crippen LogP) is 0.874. The van der Waals surface area contributed by atoms with Crippen LogP contribution in [0.1, 0.15) is 29.8 Å². The number of rotatable bonds is 3. The Bertz CT molecular complexity index is 581. The Morgan fingerprint density at radius 3 is 2.48 bits per heavy atom. The summed E-state index contributed by atoms with van der Waals surface area (Å²) in [5.41, 5.74) is 3.46. The van der Waals surface area contributed by atoms with E-state index < -0.39 is 0 Å². The van der Waals surface area contributed by atoms with E-state index >= 15 is 0 Å². The average Bonchev–Trinajstić information content (AvgIpc) is 2.93. The molecule has 3 rings (SSSR count). The number of carbonyl (C=O) groups excluding carboxylic acids is 1. The fourth-order valence-electron chi connectivity index (χ4n) is 3.45. The van der Waals surface area contributed by atoms with Gasteiger partial charge >= 0.3 is 0 Å². The van der Waals surface area contributed by atoms with Gasteiger partial charge in [-0.1, -0.05) is 0 Å². The van der Waals surface area contributed by atoms with Crippen molar-refractivity contribution in [2.24, 2.45) is 0 Å². The summed E-state index contributed by atoms with van der Waals surface area (Å²) >= 11 is 0. The molecule has 2 aliphatic heterocycles. The molecule has 1 aromatic rings. The molecule has 3 heterocycles. The Labute approximate surface area is 138 Å². The zero-order valence-electron chi connectivity index (χ0n) is 14.5. The highest BCUT2D eigenvalue weighted by molar-refractivity contribution is 5.78. The molecule has 23 heavy (non-hydrogen) atoms. The summed E-state index contributed by atoms with van der Waals surface area (Å²) in [6.07, 6.45) is 4.15. The number of amides is 1. The van der Waals surface area contributed by atoms with Crippen LogP contribution in [-0.2, 0) is 17.6 Å². The van der Waals surface area contributed by atoms with Gasteiger partial charge in [-0.3, -0.25) is 4.79 Å². The van der Waals surface area contributed by atoms with E-state index in [1.807, 2.05) is 23.9 Å². The number of anilines is 1. The summed E-state index contributed by atoms with van der Waals surface area (Å²) in [5.74, 6) is 1.08. The van der Waals surface area contributed by atoms with Crippen molar-refractivity contribution in [2.45, 2.75) is 32.6 Å². The third kappa shape index (κ3) is 3.63. The number of nitrogens with zero attached hydrogens (tertiary/aromatic N) is 5. The topological polar surface area (TPSA) is 52.6 Å². The molecule has 6 heteroatoms. The Morgan fingerprint density at radius 1 is 1.09 bits per heavy atom. The molecule has 0 aliphatic carbocycles. The van der Waals surface area contributed by atoms with E-state index in [1.165, 1.54) is 18.4 Å². The third-order valence-electron chi connectivity index (χ3n) is 4.73. The van der Waals surface area contributed by atoms with Crippen molar-refractivity contribution in [1.82, 2.24) is 19.8 Å². The van der Waals surface area contributed by atoms with Gasteiger partial charge in [-0.05, 0) is 45.8 Å². The molecule has 0 saturated carbocycles. The van der Waals surface area contributed by atoms with Crippen molar-refractivity contribution in [3.63, 3.8) is 0 Å². The average molecular weight is 317 g/mol. The van der Waals surface area contributed by atoms with E-state index in [0.29, 0.717) is 6.54 Å². The monoisotopic (exact) mass is 317 g/mol. The molecule has 1 saturated heterocycles. The minimum Gasteiger partial charge on any atom is -0.341 e. The Kier molecular flexibility index (Phi) is 4.80. The Hall–Kier alpha value is -1.69. The summed E-state index contributed by atoms with van der Waals surface area (Å²) in [4.78, 5) is 28.1. The standard InChI is InChI=1S/C17H27N5O/c1-13-14-6-10-21(16(23)12-20(2)3)11-7-15(14)19-17(18-13)22-8-4-5-9-22/h4-12H2,1-3H3. The minimum atomic E-state index is 0.202. The maximum Gasteiger partial charge on any atom is 0.236 e. The third-order valence-corrected chi connectivity index (χ3v) is 4.73. The van der Waals surface area contributed by atoms with Crippen LogP contribution in [0.2, 0.25) is 0 Å². The smallest absolute Gasteiger partial charge is 0.236 e. The molecule has 0 N–H and O–H groups in total. The second-order valence-corrected chi connectivity index (χ2v) is 6.85. The number of hydrogen-bond donors (Lipinski definition) is 0. The quantitative estimate of drug-likeness (QED) is 0.828. The van der Waals surface area contributed by atoms with E-state index in [-0.39, 0.29) is 5.91 Å². The van der Waals surface area contributed by atoms with Gasteiger partial charge in [0.25, 0.3) is 0 Å². The molecular formula is C17H27N5O. The van der Waals surface area contributed by atoms with Crippen molar-refractivity contribution in [1.29, 1.82) is 0 Å². The summed E-state index contributed by atoms with van der Waals surface area (Å²) in [6, 6.07) is 0. The van der Waals surface area contributed by atoms with Crippen LogP contribution in [0.4, 0.5) is 5.95 Å². The summed E-state index contributed by atoms with van der Waals surface area (Å²) in [6.45, 7) is 6.21. The lowest BCUT2D eigenvalue weighted by Gasteiger charge is -2.22. The van der Waals surface area contributed by atoms with Crippen LogP contribution in [0, 0.1) is 6.92 Å². The molecule has 0 radical (unpaired) electrons. The summed E-state index contributed by atoms with van der Waals surface area (Å²) in [7, 11) is 3.87. The largest absolute Gasteiger partial charge is 0.341 e. The van der Waals surface area contributed by atoms with Gasteiger partial charge in [-0.25, -0.2) is 9.97 Å². The summed E-state index contributed by atoms with van der Waals surface area (Å²) in [5, 5.41) is 0. The highest BCUT2D eigenvalue weighted by Gasteiger charge is 2.23. The van der Waals surface area contributed by atoms with E-state index in [0.717, 1.165) is 56.4 Å². The van der Waals surface area contributed by atoms with Gasteiger partial charge in [0.2, 0.25) is 11.9 Å². The van der Waals surface area contributed by atoms with E-state index in [9.17, 15) is 4.79 Å². The van der Waals surface area contributed by atoms with E-state index in [4.69, 9.17) is 9.97 Å². The Balaban J connectivity index is 1.76. The highest BCUT2D eigenvalue weighted by Crippen LogP contribution is 2.22. The van der Waals surface area contributed by atoms with Crippen molar-refractivity contribution in [3.05, 3.63) is 17.0 Å². The maximum atomic E-state index is 12.3. The molecule has 126 valence electrons. The maximum absolute atomic E-state index is 12.3. The second-order valence-electron chi connectivity index (χ2n) is 6.85. The molecule has 0 spiro atoms. The molecule has 1 fully saturated rings. The number of likely N-dealkylation sites (N-methyl/N-ethyl adjacent to an activating group) is 1. The Morgan fingerprint density at radius 2 is 1.78 bits per heavy atom. The number of carbonyl (C=O) groups is 1. The van der Waals surface area contributed by atoms with Gasteiger partial charge in [0.05, 0.1) is 12.2 Å². The molecule has 1 amide bonds. The van der Waals surface area contributed by atoms with Crippen LogP contribution >= 0.6 is 0 Å². The van der Waals surface area contributed by atoms with Gasteiger partial charge in [-0.15, -0.1) is 0 Å². The predicted molar refractivity (Wildman–Crippen MR) is 90.8 cm³/mol. The van der Waals surface area contributed by atoms with Crippen LogP contribution in [0.5, 0.6) is 0 Å². The SMILES string of the molecule is Cc1nc(N2CCCC2)nc2c1CCN(C(=O)CN(C)C)CC2. The first-order chi connectivity index (χ1) is 11.0. The zero-order chi connectivity index (χ0) is 16.4. The molecular weight excluding hydrogens is 290 g/mol. The van der Waals surface area contributed by atoms with E-state index in [1.54, 1.807) is 0 Å². The van der Waals surface area contributed by atoms with Crippen LogP contribution in [0.15, 0.2) is 0 Å². The molecule has 1 aromatic heterocycles. The number of aryl methyl sites for hydroxylation is 1. The first-order valence-electron chi connectivity index (χ1n) is 8.58. The van der Waals surface area contributed by atoms with Crippen LogP contribution in [0.3, 0.4) is 0 Å². The van der Waals surface area contributed by atoms with Crippen molar-refractivity contribution < 1.29 is 4.79 Å². The molecule has 6 nitrogen and oxygen atoms in total. The van der Waals surface area contributed by atoms with Gasteiger partial charge in [0.15, 0.2) is 0 Å². The normalized spacial score (nSPS) is 18.3. The first kappa shape index (κ1) is 16.2. The van der Waals surface area contributed by atoms with Gasteiger partial charge in [0.1, 0.15) is 0 Å².